The van der Waals surface area contributed by atoms with Crippen LogP contribution >= 0.6 is 23.8 Å². The molecule has 9 heteroatoms. The lowest BCUT2D eigenvalue weighted by molar-refractivity contribution is -0.137. The SMILES string of the molecule is C/C(=N/N(C(N)=S)c1cccc(C(F)(F)F)c1)c1cc(Cl)ccc1O. The average molecular weight is 388 g/mol. The van der Waals surface area contributed by atoms with E-state index >= 15 is 0 Å². The minimum Gasteiger partial charge on any atom is -0.507 e. The zero-order valence-corrected chi connectivity index (χ0v) is 14.5. The fourth-order valence-corrected chi connectivity index (χ4v) is 2.37. The predicted molar refractivity (Wildman–Crippen MR) is 96.0 cm³/mol. The number of benzene rings is 2. The molecule has 0 aliphatic rings. The number of hydrazone groups is 1. The average Bonchev–Trinajstić information content (AvgIpc) is 2.53. The van der Waals surface area contributed by atoms with Crippen LogP contribution in [0.15, 0.2) is 47.6 Å². The van der Waals surface area contributed by atoms with Crippen molar-refractivity contribution in [2.24, 2.45) is 10.8 Å². The third kappa shape index (κ3) is 4.61. The van der Waals surface area contributed by atoms with Crippen LogP contribution in [0.1, 0.15) is 18.1 Å². The molecule has 4 nitrogen and oxygen atoms in total. The maximum Gasteiger partial charge on any atom is 0.416 e. The van der Waals surface area contributed by atoms with E-state index in [1.165, 1.54) is 30.3 Å². The number of hydrogen-bond acceptors (Lipinski definition) is 3. The molecule has 0 amide bonds. The fourth-order valence-electron chi connectivity index (χ4n) is 2.05. The number of phenols is 1. The molecule has 0 fully saturated rings. The van der Waals surface area contributed by atoms with Crippen LogP contribution in [0.5, 0.6) is 5.75 Å². The van der Waals surface area contributed by atoms with E-state index in [0.717, 1.165) is 17.1 Å². The Kier molecular flexibility index (Phi) is 5.54. The summed E-state index contributed by atoms with van der Waals surface area (Å²) in [6.07, 6.45) is -4.51. The first-order valence-electron chi connectivity index (χ1n) is 6.90. The van der Waals surface area contributed by atoms with Crippen molar-refractivity contribution in [3.63, 3.8) is 0 Å². The van der Waals surface area contributed by atoms with Crippen LogP contribution in [0.3, 0.4) is 0 Å². The first-order chi connectivity index (χ1) is 11.6. The van der Waals surface area contributed by atoms with Crippen LogP contribution in [0.2, 0.25) is 5.02 Å². The maximum absolute atomic E-state index is 12.9. The Morgan fingerprint density at radius 1 is 1.24 bits per heavy atom. The first kappa shape index (κ1) is 19.0. The fraction of sp³-hybridized carbons (Fsp3) is 0.125. The Morgan fingerprint density at radius 2 is 1.92 bits per heavy atom. The second-order valence-corrected chi connectivity index (χ2v) is 5.90. The Morgan fingerprint density at radius 3 is 2.52 bits per heavy atom. The molecule has 0 aliphatic carbocycles. The summed E-state index contributed by atoms with van der Waals surface area (Å²) in [5, 5.41) is 15.1. The molecule has 3 N–H and O–H groups in total. The van der Waals surface area contributed by atoms with Gasteiger partial charge in [0.05, 0.1) is 17.0 Å². The molecule has 2 aromatic carbocycles. The second-order valence-electron chi connectivity index (χ2n) is 5.05. The van der Waals surface area contributed by atoms with Gasteiger partial charge < -0.3 is 10.8 Å². The van der Waals surface area contributed by atoms with Crippen molar-refractivity contribution in [2.75, 3.05) is 5.01 Å². The molecule has 2 aromatic rings. The van der Waals surface area contributed by atoms with E-state index in [1.807, 2.05) is 0 Å². The summed E-state index contributed by atoms with van der Waals surface area (Å²) in [6, 6.07) is 8.78. The monoisotopic (exact) mass is 387 g/mol. The van der Waals surface area contributed by atoms with Crippen molar-refractivity contribution in [1.29, 1.82) is 0 Å². The molecule has 132 valence electrons. The molecule has 0 spiro atoms. The van der Waals surface area contributed by atoms with Gasteiger partial charge in [0.1, 0.15) is 5.75 Å². The van der Waals surface area contributed by atoms with Crippen molar-refractivity contribution in [3.05, 3.63) is 58.6 Å². The molecule has 0 heterocycles. The van der Waals surface area contributed by atoms with Crippen LogP contribution in [0, 0.1) is 0 Å². The first-order valence-corrected chi connectivity index (χ1v) is 7.69. The Labute approximate surface area is 152 Å². The van der Waals surface area contributed by atoms with E-state index in [1.54, 1.807) is 6.92 Å². The van der Waals surface area contributed by atoms with Crippen molar-refractivity contribution in [2.45, 2.75) is 13.1 Å². The van der Waals surface area contributed by atoms with E-state index in [-0.39, 0.29) is 22.3 Å². The smallest absolute Gasteiger partial charge is 0.416 e. The van der Waals surface area contributed by atoms with Gasteiger partial charge in [0.2, 0.25) is 0 Å². The standard InChI is InChI=1S/C16H13ClF3N3OS/c1-9(13-8-11(17)5-6-14(13)24)22-23(15(21)25)12-4-2-3-10(7-12)16(18,19)20/h2-8,24H,1H3,(H2,21,25)/b22-9-. The number of halogens is 4. The molecule has 0 aliphatic heterocycles. The number of nitrogens with two attached hydrogens (primary N) is 1. The zero-order chi connectivity index (χ0) is 18.8. The molecular formula is C16H13ClF3N3OS. The third-order valence-corrected chi connectivity index (χ3v) is 3.63. The summed E-state index contributed by atoms with van der Waals surface area (Å²) in [4.78, 5) is 0. The number of aromatic hydroxyl groups is 1. The molecule has 0 unspecified atom stereocenters. The molecule has 0 saturated heterocycles. The van der Waals surface area contributed by atoms with Gasteiger partial charge in [-0.2, -0.15) is 18.3 Å². The highest BCUT2D eigenvalue weighted by molar-refractivity contribution is 7.80. The number of hydrogen-bond donors (Lipinski definition) is 2. The highest BCUT2D eigenvalue weighted by atomic mass is 35.5. The van der Waals surface area contributed by atoms with Gasteiger partial charge in [-0.25, -0.2) is 5.01 Å². The number of anilines is 1. The topological polar surface area (TPSA) is 61.8 Å². The summed E-state index contributed by atoms with van der Waals surface area (Å²) in [6.45, 7) is 1.55. The molecule has 0 atom stereocenters. The van der Waals surface area contributed by atoms with Crippen molar-refractivity contribution in [1.82, 2.24) is 0 Å². The van der Waals surface area contributed by atoms with Gasteiger partial charge >= 0.3 is 6.18 Å². The maximum atomic E-state index is 12.9. The zero-order valence-electron chi connectivity index (χ0n) is 12.9. The molecule has 25 heavy (non-hydrogen) atoms. The van der Waals surface area contributed by atoms with Crippen molar-refractivity contribution in [3.8, 4) is 5.75 Å². The Hall–Kier alpha value is -2.32. The van der Waals surface area contributed by atoms with Gasteiger partial charge in [-0.3, -0.25) is 0 Å². The van der Waals surface area contributed by atoms with E-state index in [0.29, 0.717) is 10.6 Å². The molecular weight excluding hydrogens is 375 g/mol. The normalized spacial score (nSPS) is 12.1. The van der Waals surface area contributed by atoms with Gasteiger partial charge in [0.25, 0.3) is 0 Å². The van der Waals surface area contributed by atoms with Crippen LogP contribution < -0.4 is 10.7 Å². The third-order valence-electron chi connectivity index (χ3n) is 3.23. The van der Waals surface area contributed by atoms with Crippen LogP contribution in [0.25, 0.3) is 0 Å². The van der Waals surface area contributed by atoms with Crippen LogP contribution in [-0.4, -0.2) is 15.9 Å². The highest BCUT2D eigenvalue weighted by Crippen LogP contribution is 2.32. The van der Waals surface area contributed by atoms with E-state index in [9.17, 15) is 18.3 Å². The van der Waals surface area contributed by atoms with E-state index in [2.05, 4.69) is 5.10 Å². The summed E-state index contributed by atoms with van der Waals surface area (Å²) in [7, 11) is 0. The number of thiocarbonyl (C=S) groups is 1. The minimum atomic E-state index is -4.51. The Balaban J connectivity index is 2.49. The number of nitrogens with zero attached hydrogens (tertiary/aromatic N) is 2. The summed E-state index contributed by atoms with van der Waals surface area (Å²) in [5.41, 5.74) is 5.37. The predicted octanol–water partition coefficient (Wildman–Crippen LogP) is 4.54. The minimum absolute atomic E-state index is 0.0446. The van der Waals surface area contributed by atoms with Gasteiger partial charge in [-0.1, -0.05) is 17.7 Å². The van der Waals surface area contributed by atoms with Crippen LogP contribution in [-0.2, 0) is 6.18 Å². The molecule has 0 radical (unpaired) electrons. The van der Waals surface area contributed by atoms with Crippen LogP contribution in [0.4, 0.5) is 18.9 Å². The van der Waals surface area contributed by atoms with E-state index < -0.39 is 11.7 Å². The summed E-state index contributed by atoms with van der Waals surface area (Å²) in [5.74, 6) is -0.0856. The number of rotatable bonds is 3. The van der Waals surface area contributed by atoms with Gasteiger partial charge in [0.15, 0.2) is 5.11 Å². The van der Waals surface area contributed by atoms with E-state index in [4.69, 9.17) is 29.6 Å². The lowest BCUT2D eigenvalue weighted by atomic mass is 10.1. The molecule has 0 bridgehead atoms. The molecule has 0 saturated carbocycles. The lowest BCUT2D eigenvalue weighted by Crippen LogP contribution is -2.32. The van der Waals surface area contributed by atoms with Crippen molar-refractivity contribution >= 4 is 40.3 Å². The summed E-state index contributed by atoms with van der Waals surface area (Å²) >= 11 is 10.8. The quantitative estimate of drug-likeness (QED) is 0.461. The van der Waals surface area contributed by atoms with Crippen molar-refractivity contribution < 1.29 is 18.3 Å². The highest BCUT2D eigenvalue weighted by Gasteiger charge is 2.31. The van der Waals surface area contributed by atoms with Gasteiger partial charge in [-0.05, 0) is 55.5 Å². The molecule has 2 rings (SSSR count). The summed E-state index contributed by atoms with van der Waals surface area (Å²) < 4.78 is 38.7. The number of phenolic OH excluding ortho intramolecular Hbond substituents is 1. The largest absolute Gasteiger partial charge is 0.507 e. The molecule has 0 aromatic heterocycles. The van der Waals surface area contributed by atoms with Gasteiger partial charge in [-0.15, -0.1) is 0 Å². The Bertz CT molecular complexity index is 840. The number of alkyl halides is 3. The lowest BCUT2D eigenvalue weighted by Gasteiger charge is -2.20. The second kappa shape index (κ2) is 7.28. The van der Waals surface area contributed by atoms with Gasteiger partial charge in [0, 0.05) is 10.6 Å².